The van der Waals surface area contributed by atoms with Gasteiger partial charge in [-0.3, -0.25) is 10.1 Å². The van der Waals surface area contributed by atoms with Gasteiger partial charge in [-0.1, -0.05) is 0 Å². The number of aromatic hydroxyl groups is 1. The summed E-state index contributed by atoms with van der Waals surface area (Å²) >= 11 is 0. The van der Waals surface area contributed by atoms with Crippen LogP contribution in [0.5, 0.6) is 5.75 Å². The maximum absolute atomic E-state index is 11.0. The third-order valence-corrected chi connectivity index (χ3v) is 3.21. The molecule has 0 saturated carbocycles. The van der Waals surface area contributed by atoms with E-state index in [-0.39, 0.29) is 5.75 Å². The molecule has 3 rings (SSSR count). The Balaban J connectivity index is 2.12. The molecule has 1 aromatic heterocycles. The van der Waals surface area contributed by atoms with Crippen LogP contribution in [-0.4, -0.2) is 27.2 Å². The second-order valence-corrected chi connectivity index (χ2v) is 4.29. The van der Waals surface area contributed by atoms with Crippen LogP contribution in [0, 0.1) is 0 Å². The molecular formula is C12H12N2O3. The molecule has 1 atom stereocenters. The minimum atomic E-state index is -0.830. The molecule has 0 bridgehead atoms. The van der Waals surface area contributed by atoms with E-state index in [1.807, 2.05) is 6.07 Å². The first-order chi connectivity index (χ1) is 8.15. The van der Waals surface area contributed by atoms with Crippen LogP contribution in [0.15, 0.2) is 18.2 Å². The van der Waals surface area contributed by atoms with E-state index in [4.69, 9.17) is 5.11 Å². The number of aliphatic carboxylic acids is 1. The monoisotopic (exact) mass is 232 g/mol. The fourth-order valence-electron chi connectivity index (χ4n) is 2.36. The highest BCUT2D eigenvalue weighted by Gasteiger charge is 2.26. The quantitative estimate of drug-likeness (QED) is 0.590. The van der Waals surface area contributed by atoms with Gasteiger partial charge in [-0.2, -0.15) is 0 Å². The number of rotatable bonds is 1. The SMILES string of the molecule is O=C(O)C1Cc2c([nH]c3cc(O)ccc23)CN1. The molecule has 2 heterocycles. The van der Waals surface area contributed by atoms with Crippen molar-refractivity contribution in [2.75, 3.05) is 0 Å². The number of benzene rings is 1. The smallest absolute Gasteiger partial charge is 0.321 e. The summed E-state index contributed by atoms with van der Waals surface area (Å²) in [4.78, 5) is 14.2. The van der Waals surface area contributed by atoms with Gasteiger partial charge in [0.15, 0.2) is 0 Å². The molecule has 0 fully saturated rings. The largest absolute Gasteiger partial charge is 0.508 e. The number of H-pyrrole nitrogens is 1. The molecule has 2 aromatic rings. The Hall–Kier alpha value is -2.01. The van der Waals surface area contributed by atoms with Gasteiger partial charge < -0.3 is 15.2 Å². The molecule has 0 amide bonds. The van der Waals surface area contributed by atoms with Gasteiger partial charge in [-0.05, 0) is 17.7 Å². The Labute approximate surface area is 97.1 Å². The highest BCUT2D eigenvalue weighted by molar-refractivity contribution is 5.87. The number of phenolic OH excluding ortho intramolecular Hbond substituents is 1. The summed E-state index contributed by atoms with van der Waals surface area (Å²) in [5, 5.41) is 22.4. The van der Waals surface area contributed by atoms with Crippen LogP contribution < -0.4 is 5.32 Å². The summed E-state index contributed by atoms with van der Waals surface area (Å²) in [6.45, 7) is 0.516. The van der Waals surface area contributed by atoms with Crippen LogP contribution in [0.2, 0.25) is 0 Å². The molecule has 88 valence electrons. The summed E-state index contributed by atoms with van der Waals surface area (Å²) in [6, 6.07) is 4.57. The minimum absolute atomic E-state index is 0.207. The molecule has 0 spiro atoms. The third kappa shape index (κ3) is 1.55. The van der Waals surface area contributed by atoms with Crippen LogP contribution >= 0.6 is 0 Å². The predicted molar refractivity (Wildman–Crippen MR) is 61.9 cm³/mol. The number of hydrogen-bond donors (Lipinski definition) is 4. The first-order valence-corrected chi connectivity index (χ1v) is 5.44. The molecule has 0 saturated heterocycles. The van der Waals surface area contributed by atoms with E-state index in [1.54, 1.807) is 12.1 Å². The van der Waals surface area contributed by atoms with Crippen LogP contribution in [0.25, 0.3) is 10.9 Å². The molecule has 1 aromatic carbocycles. The highest BCUT2D eigenvalue weighted by atomic mass is 16.4. The zero-order chi connectivity index (χ0) is 12.0. The number of hydrogen-bond acceptors (Lipinski definition) is 3. The molecular weight excluding hydrogens is 220 g/mol. The topological polar surface area (TPSA) is 85.3 Å². The summed E-state index contributed by atoms with van der Waals surface area (Å²) in [6.07, 6.45) is 0.468. The van der Waals surface area contributed by atoms with Gasteiger partial charge in [0.05, 0.1) is 0 Å². The Morgan fingerprint density at radius 1 is 1.41 bits per heavy atom. The van der Waals surface area contributed by atoms with Gasteiger partial charge in [-0.15, -0.1) is 0 Å². The third-order valence-electron chi connectivity index (χ3n) is 3.21. The van der Waals surface area contributed by atoms with E-state index >= 15 is 0 Å². The van der Waals surface area contributed by atoms with Crippen LogP contribution in [0.1, 0.15) is 11.3 Å². The van der Waals surface area contributed by atoms with Crippen molar-refractivity contribution < 1.29 is 15.0 Å². The van der Waals surface area contributed by atoms with Gasteiger partial charge in [0.1, 0.15) is 11.8 Å². The number of carbonyl (C=O) groups is 1. The van der Waals surface area contributed by atoms with E-state index in [0.29, 0.717) is 13.0 Å². The second-order valence-electron chi connectivity index (χ2n) is 4.29. The van der Waals surface area contributed by atoms with Gasteiger partial charge in [0.25, 0.3) is 0 Å². The standard InChI is InChI=1S/C12H12N2O3/c15-6-1-2-7-8-4-10(12(16)17)13-5-11(8)14-9(7)3-6/h1-3,10,13-15H,4-5H2,(H,16,17). The number of phenols is 1. The van der Waals surface area contributed by atoms with Gasteiger partial charge in [0, 0.05) is 35.6 Å². The number of aromatic nitrogens is 1. The molecule has 1 aliphatic rings. The lowest BCUT2D eigenvalue weighted by atomic mass is 9.99. The normalized spacial score (nSPS) is 19.2. The molecule has 5 nitrogen and oxygen atoms in total. The highest BCUT2D eigenvalue weighted by Crippen LogP contribution is 2.28. The molecule has 1 unspecified atom stereocenters. The fraction of sp³-hybridized carbons (Fsp3) is 0.250. The average molecular weight is 232 g/mol. The second kappa shape index (κ2) is 3.49. The number of carboxylic acids is 1. The van der Waals surface area contributed by atoms with Crippen molar-refractivity contribution in [3.8, 4) is 5.75 Å². The minimum Gasteiger partial charge on any atom is -0.508 e. The Kier molecular flexibility index (Phi) is 2.09. The first kappa shape index (κ1) is 10.2. The van der Waals surface area contributed by atoms with Crippen molar-refractivity contribution in [1.82, 2.24) is 10.3 Å². The number of carboxylic acid groups (broad SMARTS) is 1. The van der Waals surface area contributed by atoms with Crippen molar-refractivity contribution in [3.63, 3.8) is 0 Å². The summed E-state index contributed by atoms with van der Waals surface area (Å²) in [5.41, 5.74) is 2.89. The molecule has 17 heavy (non-hydrogen) atoms. The predicted octanol–water partition coefficient (Wildman–Crippen LogP) is 0.972. The van der Waals surface area contributed by atoms with E-state index in [1.165, 1.54) is 0 Å². The zero-order valence-corrected chi connectivity index (χ0v) is 9.03. The Morgan fingerprint density at radius 3 is 3.00 bits per heavy atom. The van der Waals surface area contributed by atoms with Gasteiger partial charge in [0.2, 0.25) is 0 Å². The Bertz CT molecular complexity index is 603. The van der Waals surface area contributed by atoms with Crippen LogP contribution in [0.3, 0.4) is 0 Å². The van der Waals surface area contributed by atoms with Gasteiger partial charge >= 0.3 is 5.97 Å². The van der Waals surface area contributed by atoms with Crippen molar-refractivity contribution >= 4 is 16.9 Å². The maximum atomic E-state index is 11.0. The average Bonchev–Trinajstić information content (AvgIpc) is 2.64. The molecule has 1 aliphatic heterocycles. The lowest BCUT2D eigenvalue weighted by Crippen LogP contribution is -2.41. The van der Waals surface area contributed by atoms with Gasteiger partial charge in [-0.25, -0.2) is 0 Å². The van der Waals surface area contributed by atoms with Crippen LogP contribution in [-0.2, 0) is 17.8 Å². The Morgan fingerprint density at radius 2 is 2.24 bits per heavy atom. The van der Waals surface area contributed by atoms with Crippen LogP contribution in [0.4, 0.5) is 0 Å². The number of aromatic amines is 1. The van der Waals surface area contributed by atoms with Crippen molar-refractivity contribution in [1.29, 1.82) is 0 Å². The molecule has 4 N–H and O–H groups in total. The van der Waals surface area contributed by atoms with E-state index in [9.17, 15) is 9.90 Å². The van der Waals surface area contributed by atoms with E-state index in [2.05, 4.69) is 10.3 Å². The summed E-state index contributed by atoms with van der Waals surface area (Å²) < 4.78 is 0. The lowest BCUT2D eigenvalue weighted by Gasteiger charge is -2.20. The zero-order valence-electron chi connectivity index (χ0n) is 9.03. The van der Waals surface area contributed by atoms with E-state index < -0.39 is 12.0 Å². The fourth-order valence-corrected chi connectivity index (χ4v) is 2.36. The molecule has 0 radical (unpaired) electrons. The molecule has 0 aliphatic carbocycles. The lowest BCUT2D eigenvalue weighted by molar-refractivity contribution is -0.139. The molecule has 5 heteroatoms. The first-order valence-electron chi connectivity index (χ1n) is 5.44. The maximum Gasteiger partial charge on any atom is 0.321 e. The van der Waals surface area contributed by atoms with Crippen molar-refractivity contribution in [2.24, 2.45) is 0 Å². The number of fused-ring (bicyclic) bond motifs is 3. The van der Waals surface area contributed by atoms with E-state index in [0.717, 1.165) is 22.2 Å². The number of nitrogens with one attached hydrogen (secondary N) is 2. The summed E-state index contributed by atoms with van der Waals surface area (Å²) in [5.74, 6) is -0.623. The van der Waals surface area contributed by atoms with Crippen molar-refractivity contribution in [2.45, 2.75) is 19.0 Å². The summed E-state index contributed by atoms with van der Waals surface area (Å²) in [7, 11) is 0. The van der Waals surface area contributed by atoms with Crippen molar-refractivity contribution in [3.05, 3.63) is 29.5 Å².